The van der Waals surface area contributed by atoms with E-state index in [2.05, 4.69) is 40.0 Å². The first-order valence-electron chi connectivity index (χ1n) is 10.7. The van der Waals surface area contributed by atoms with Crippen molar-refractivity contribution in [2.24, 2.45) is 0 Å². The number of rotatable bonds is 3. The van der Waals surface area contributed by atoms with Crippen molar-refractivity contribution >= 4 is 17.1 Å². The van der Waals surface area contributed by atoms with Crippen LogP contribution in [0, 0.1) is 6.92 Å². The highest BCUT2D eigenvalue weighted by atomic mass is 16.6. The molecule has 1 fully saturated rings. The van der Waals surface area contributed by atoms with Crippen LogP contribution in [0.4, 0.5) is 4.79 Å². The van der Waals surface area contributed by atoms with Crippen molar-refractivity contribution in [2.75, 3.05) is 26.2 Å². The van der Waals surface area contributed by atoms with E-state index in [0.717, 1.165) is 41.8 Å². The quantitative estimate of drug-likeness (QED) is 0.671. The third kappa shape index (κ3) is 4.82. The molecule has 1 aromatic heterocycles. The zero-order chi connectivity index (χ0) is 22.2. The Bertz CT molecular complexity index is 1150. The van der Waals surface area contributed by atoms with Crippen LogP contribution in [0.1, 0.15) is 31.9 Å². The second-order valence-corrected chi connectivity index (χ2v) is 9.17. The van der Waals surface area contributed by atoms with Gasteiger partial charge in [0.25, 0.3) is 0 Å². The molecule has 0 saturated carbocycles. The fourth-order valence-corrected chi connectivity index (χ4v) is 4.02. The van der Waals surface area contributed by atoms with Crippen LogP contribution < -0.4 is 5.69 Å². The summed E-state index contributed by atoms with van der Waals surface area (Å²) in [5, 5.41) is 0. The normalized spacial score (nSPS) is 15.4. The molecule has 0 bridgehead atoms. The van der Waals surface area contributed by atoms with Crippen molar-refractivity contribution in [3.63, 3.8) is 0 Å². The zero-order valence-electron chi connectivity index (χ0n) is 18.6. The van der Waals surface area contributed by atoms with Gasteiger partial charge in [0.2, 0.25) is 0 Å². The molecule has 1 amide bonds. The van der Waals surface area contributed by atoms with Crippen LogP contribution in [-0.2, 0) is 11.3 Å². The number of fused-ring (bicyclic) bond motifs is 1. The molecule has 4 rings (SSSR count). The third-order valence-electron chi connectivity index (χ3n) is 5.69. The van der Waals surface area contributed by atoms with Gasteiger partial charge < -0.3 is 19.6 Å². The number of nitrogens with one attached hydrogen (secondary N) is 2. The Morgan fingerprint density at radius 2 is 1.74 bits per heavy atom. The number of imidazole rings is 1. The maximum absolute atomic E-state index is 12.3. The molecular formula is C24H30N4O3. The lowest BCUT2D eigenvalue weighted by molar-refractivity contribution is 0.0139. The summed E-state index contributed by atoms with van der Waals surface area (Å²) in [7, 11) is 0. The highest BCUT2D eigenvalue weighted by Crippen LogP contribution is 2.28. The monoisotopic (exact) mass is 422 g/mol. The summed E-state index contributed by atoms with van der Waals surface area (Å²) in [6.07, 6.45) is -0.233. The second-order valence-electron chi connectivity index (χ2n) is 9.17. The van der Waals surface area contributed by atoms with Crippen molar-refractivity contribution in [1.29, 1.82) is 0 Å². The summed E-state index contributed by atoms with van der Waals surface area (Å²) >= 11 is 0. The van der Waals surface area contributed by atoms with Crippen LogP contribution in [0.5, 0.6) is 0 Å². The van der Waals surface area contributed by atoms with Gasteiger partial charge >= 0.3 is 11.8 Å². The SMILES string of the molecule is Cc1c(CN2CCN(C(=O)OC(C)(C)C)CC2)cccc1-c1ccc2[nH]c(=O)[nH]c2c1. The van der Waals surface area contributed by atoms with Crippen LogP contribution >= 0.6 is 0 Å². The number of nitrogens with zero attached hydrogens (tertiary/aromatic N) is 2. The van der Waals surface area contributed by atoms with Gasteiger partial charge in [0.15, 0.2) is 0 Å². The summed E-state index contributed by atoms with van der Waals surface area (Å²) < 4.78 is 5.49. The van der Waals surface area contributed by atoms with Crippen molar-refractivity contribution in [3.8, 4) is 11.1 Å². The topological polar surface area (TPSA) is 81.4 Å². The number of amides is 1. The van der Waals surface area contributed by atoms with E-state index in [1.165, 1.54) is 11.1 Å². The van der Waals surface area contributed by atoms with Gasteiger partial charge in [-0.3, -0.25) is 4.90 Å². The molecule has 1 aliphatic rings. The van der Waals surface area contributed by atoms with E-state index in [9.17, 15) is 9.59 Å². The van der Waals surface area contributed by atoms with E-state index < -0.39 is 5.60 Å². The van der Waals surface area contributed by atoms with Crippen LogP contribution in [0.3, 0.4) is 0 Å². The van der Waals surface area contributed by atoms with Crippen molar-refractivity contribution in [2.45, 2.75) is 39.8 Å². The van der Waals surface area contributed by atoms with Gasteiger partial charge in [-0.05, 0) is 62.1 Å². The van der Waals surface area contributed by atoms with Gasteiger partial charge in [-0.15, -0.1) is 0 Å². The second kappa shape index (κ2) is 8.23. The Hall–Kier alpha value is -3.06. The van der Waals surface area contributed by atoms with E-state index in [1.807, 2.05) is 39.0 Å². The largest absolute Gasteiger partial charge is 0.444 e. The number of hydrogen-bond donors (Lipinski definition) is 2. The van der Waals surface area contributed by atoms with Crippen LogP contribution in [0.25, 0.3) is 22.2 Å². The third-order valence-corrected chi connectivity index (χ3v) is 5.69. The minimum Gasteiger partial charge on any atom is -0.444 e. The number of hydrogen-bond acceptors (Lipinski definition) is 4. The summed E-state index contributed by atoms with van der Waals surface area (Å²) in [6, 6.07) is 12.3. The average Bonchev–Trinajstić information content (AvgIpc) is 3.08. The van der Waals surface area contributed by atoms with Crippen LogP contribution in [-0.4, -0.2) is 57.6 Å². The predicted octanol–water partition coefficient (Wildman–Crippen LogP) is 3.88. The van der Waals surface area contributed by atoms with Crippen molar-refractivity contribution < 1.29 is 9.53 Å². The molecule has 0 spiro atoms. The van der Waals surface area contributed by atoms with E-state index in [4.69, 9.17) is 4.74 Å². The summed E-state index contributed by atoms with van der Waals surface area (Å²) in [6.45, 7) is 11.6. The summed E-state index contributed by atoms with van der Waals surface area (Å²) in [4.78, 5) is 33.6. The first-order valence-corrected chi connectivity index (χ1v) is 10.7. The van der Waals surface area contributed by atoms with Gasteiger partial charge in [0.1, 0.15) is 5.60 Å². The maximum atomic E-state index is 12.3. The molecule has 2 aromatic carbocycles. The molecule has 1 saturated heterocycles. The van der Waals surface area contributed by atoms with Gasteiger partial charge in [0.05, 0.1) is 11.0 Å². The van der Waals surface area contributed by atoms with Crippen molar-refractivity contribution in [1.82, 2.24) is 19.8 Å². The molecule has 1 aliphatic heterocycles. The molecule has 3 aromatic rings. The van der Waals surface area contributed by atoms with E-state index >= 15 is 0 Å². The number of aromatic amines is 2. The first kappa shape index (κ1) is 21.2. The fraction of sp³-hybridized carbons (Fsp3) is 0.417. The molecule has 2 heterocycles. The molecule has 31 heavy (non-hydrogen) atoms. The van der Waals surface area contributed by atoms with E-state index in [0.29, 0.717) is 13.1 Å². The Morgan fingerprint density at radius 1 is 1.03 bits per heavy atom. The Morgan fingerprint density at radius 3 is 2.45 bits per heavy atom. The number of ether oxygens (including phenoxy) is 1. The highest BCUT2D eigenvalue weighted by molar-refractivity contribution is 5.82. The number of carbonyl (C=O) groups is 1. The molecule has 0 atom stereocenters. The first-order chi connectivity index (χ1) is 14.7. The Balaban J connectivity index is 1.45. The predicted molar refractivity (Wildman–Crippen MR) is 122 cm³/mol. The minimum atomic E-state index is -0.470. The molecule has 2 N–H and O–H groups in total. The lowest BCUT2D eigenvalue weighted by Crippen LogP contribution is -2.49. The van der Waals surface area contributed by atoms with Gasteiger partial charge in [-0.2, -0.15) is 0 Å². The van der Waals surface area contributed by atoms with E-state index in [-0.39, 0.29) is 11.8 Å². The maximum Gasteiger partial charge on any atom is 0.410 e. The lowest BCUT2D eigenvalue weighted by atomic mass is 9.96. The van der Waals surface area contributed by atoms with Gasteiger partial charge in [0, 0.05) is 32.7 Å². The Labute approximate surface area is 182 Å². The lowest BCUT2D eigenvalue weighted by Gasteiger charge is -2.35. The van der Waals surface area contributed by atoms with Gasteiger partial charge in [-0.1, -0.05) is 24.3 Å². The molecule has 0 radical (unpaired) electrons. The molecule has 0 aliphatic carbocycles. The number of H-pyrrole nitrogens is 2. The Kier molecular flexibility index (Phi) is 5.62. The van der Waals surface area contributed by atoms with Crippen LogP contribution in [0.2, 0.25) is 0 Å². The number of aromatic nitrogens is 2. The fourth-order valence-electron chi connectivity index (χ4n) is 4.02. The number of piperazine rings is 1. The number of benzene rings is 2. The minimum absolute atomic E-state index is 0.192. The molecule has 7 nitrogen and oxygen atoms in total. The van der Waals surface area contributed by atoms with E-state index in [1.54, 1.807) is 4.90 Å². The van der Waals surface area contributed by atoms with Crippen molar-refractivity contribution in [3.05, 3.63) is 58.0 Å². The summed E-state index contributed by atoms with van der Waals surface area (Å²) in [5.74, 6) is 0. The zero-order valence-corrected chi connectivity index (χ0v) is 18.6. The van der Waals surface area contributed by atoms with Gasteiger partial charge in [-0.25, -0.2) is 9.59 Å². The molecule has 0 unspecified atom stereocenters. The standard InChI is InChI=1S/C24H30N4O3/c1-16-18(15-27-10-12-28(13-11-27)23(30)31-24(2,3)4)6-5-7-19(16)17-8-9-20-21(14-17)26-22(29)25-20/h5-9,14H,10-13,15H2,1-4H3,(H2,25,26,29). The average molecular weight is 423 g/mol. The molecule has 7 heteroatoms. The number of carbonyl (C=O) groups excluding carboxylic acids is 1. The smallest absolute Gasteiger partial charge is 0.410 e. The highest BCUT2D eigenvalue weighted by Gasteiger charge is 2.26. The summed E-state index contributed by atoms with van der Waals surface area (Å²) in [5.41, 5.74) is 5.70. The molecule has 164 valence electrons. The molecular weight excluding hydrogens is 392 g/mol. The van der Waals surface area contributed by atoms with Crippen LogP contribution in [0.15, 0.2) is 41.2 Å².